The molecule has 0 aliphatic carbocycles. The highest BCUT2D eigenvalue weighted by molar-refractivity contribution is 5.80. The van der Waals surface area contributed by atoms with Gasteiger partial charge in [0.15, 0.2) is 0 Å². The lowest BCUT2D eigenvalue weighted by atomic mass is 10.0. The van der Waals surface area contributed by atoms with Crippen molar-refractivity contribution in [2.24, 2.45) is 0 Å². The van der Waals surface area contributed by atoms with Crippen LogP contribution in [0.3, 0.4) is 0 Å². The number of rotatable bonds is 4. The van der Waals surface area contributed by atoms with Crippen molar-refractivity contribution in [1.82, 2.24) is 10.2 Å². The largest absolute Gasteiger partial charge is 0.369 e. The number of nitrogens with one attached hydrogen (secondary N) is 1. The molecule has 1 N–H and O–H groups in total. The maximum Gasteiger partial charge on any atom is 0.228 e. The van der Waals surface area contributed by atoms with Gasteiger partial charge < -0.3 is 10.2 Å². The normalized spacial score (nSPS) is 14.2. The third kappa shape index (κ3) is 5.00. The van der Waals surface area contributed by atoms with Crippen molar-refractivity contribution in [2.45, 2.75) is 39.2 Å². The van der Waals surface area contributed by atoms with E-state index in [0.717, 1.165) is 23.4 Å². The van der Waals surface area contributed by atoms with E-state index in [-0.39, 0.29) is 11.4 Å². The van der Waals surface area contributed by atoms with Gasteiger partial charge in [-0.1, -0.05) is 24.3 Å². The summed E-state index contributed by atoms with van der Waals surface area (Å²) in [6, 6.07) is 9.73. The number of allylic oxidation sites excluding steroid dienone is 1. The van der Waals surface area contributed by atoms with Crippen LogP contribution in [0.1, 0.15) is 31.9 Å². The molecule has 1 amide bonds. The van der Waals surface area contributed by atoms with Gasteiger partial charge in [0.1, 0.15) is 0 Å². The predicted octanol–water partition coefficient (Wildman–Crippen LogP) is 2.92. The topological polar surface area (TPSA) is 56.1 Å². The van der Waals surface area contributed by atoms with Gasteiger partial charge in [-0.15, -0.1) is 0 Å². The summed E-state index contributed by atoms with van der Waals surface area (Å²) in [5, 5.41) is 11.7. The first-order chi connectivity index (χ1) is 10.9. The molecule has 0 saturated heterocycles. The minimum Gasteiger partial charge on any atom is -0.369 e. The van der Waals surface area contributed by atoms with Crippen molar-refractivity contribution in [3.63, 3.8) is 0 Å². The van der Waals surface area contributed by atoms with Crippen LogP contribution in [0, 0.1) is 11.3 Å². The van der Waals surface area contributed by atoms with Crippen LogP contribution in [0.2, 0.25) is 0 Å². The van der Waals surface area contributed by atoms with Gasteiger partial charge in [-0.05, 0) is 44.1 Å². The van der Waals surface area contributed by atoms with Gasteiger partial charge in [0.25, 0.3) is 0 Å². The van der Waals surface area contributed by atoms with E-state index in [9.17, 15) is 4.79 Å². The fraction of sp³-hybridized carbons (Fsp3) is 0.368. The summed E-state index contributed by atoms with van der Waals surface area (Å²) in [4.78, 5) is 14.4. The molecular weight excluding hydrogens is 286 g/mol. The second kappa shape index (κ2) is 7.15. The molecule has 120 valence electrons. The molecule has 1 aliphatic heterocycles. The molecule has 0 bridgehead atoms. The van der Waals surface area contributed by atoms with Crippen LogP contribution in [0.15, 0.2) is 48.3 Å². The standard InChI is InChI=1S/C19H23N3O/c1-19(2,3)22-11-8-17(9-12-22)21-18(23)14-16-6-4-5-15(13-16)7-10-20/h4-6,8-9,11,13H,7,12,14H2,1-3H3,(H,21,23). The van der Waals surface area contributed by atoms with Crippen molar-refractivity contribution in [3.05, 3.63) is 59.4 Å². The highest BCUT2D eigenvalue weighted by Crippen LogP contribution is 2.17. The van der Waals surface area contributed by atoms with Crippen molar-refractivity contribution in [2.75, 3.05) is 6.54 Å². The van der Waals surface area contributed by atoms with E-state index in [1.165, 1.54) is 0 Å². The fourth-order valence-electron chi connectivity index (χ4n) is 2.42. The molecule has 0 saturated carbocycles. The Morgan fingerprint density at radius 1 is 1.35 bits per heavy atom. The van der Waals surface area contributed by atoms with Crippen molar-refractivity contribution in [1.29, 1.82) is 5.26 Å². The van der Waals surface area contributed by atoms with Crippen molar-refractivity contribution >= 4 is 5.91 Å². The smallest absolute Gasteiger partial charge is 0.228 e. The van der Waals surface area contributed by atoms with Gasteiger partial charge in [0.05, 0.1) is 18.9 Å². The monoisotopic (exact) mass is 309 g/mol. The van der Waals surface area contributed by atoms with Crippen LogP contribution in [-0.4, -0.2) is 22.9 Å². The van der Waals surface area contributed by atoms with Crippen LogP contribution in [0.25, 0.3) is 0 Å². The lowest BCUT2D eigenvalue weighted by Gasteiger charge is -2.35. The molecule has 0 aromatic heterocycles. The Kier molecular flexibility index (Phi) is 5.23. The molecule has 1 aromatic rings. The molecule has 2 rings (SSSR count). The number of nitriles is 1. The number of carbonyl (C=O) groups is 1. The zero-order valence-corrected chi connectivity index (χ0v) is 14.0. The molecule has 0 fully saturated rings. The number of carbonyl (C=O) groups excluding carboxylic acids is 1. The first-order valence-electron chi connectivity index (χ1n) is 7.78. The molecule has 0 radical (unpaired) electrons. The van der Waals surface area contributed by atoms with Crippen LogP contribution in [0.5, 0.6) is 0 Å². The molecule has 4 heteroatoms. The first-order valence-corrected chi connectivity index (χ1v) is 7.78. The van der Waals surface area contributed by atoms with Crippen LogP contribution < -0.4 is 5.32 Å². The number of nitrogens with zero attached hydrogens (tertiary/aromatic N) is 2. The Balaban J connectivity index is 1.91. The van der Waals surface area contributed by atoms with Gasteiger partial charge in [-0.25, -0.2) is 0 Å². The van der Waals surface area contributed by atoms with Crippen LogP contribution >= 0.6 is 0 Å². The zero-order chi connectivity index (χ0) is 16.9. The maximum atomic E-state index is 12.2. The van der Waals surface area contributed by atoms with E-state index in [0.29, 0.717) is 12.8 Å². The number of amides is 1. The Morgan fingerprint density at radius 3 is 2.70 bits per heavy atom. The third-order valence-corrected chi connectivity index (χ3v) is 3.73. The van der Waals surface area contributed by atoms with Crippen LogP contribution in [-0.2, 0) is 17.6 Å². The van der Waals surface area contributed by atoms with Gasteiger partial charge in [-0.2, -0.15) is 5.26 Å². The van der Waals surface area contributed by atoms with Gasteiger partial charge >= 0.3 is 0 Å². The summed E-state index contributed by atoms with van der Waals surface area (Å²) in [6.45, 7) is 7.25. The minimum absolute atomic E-state index is 0.0424. The van der Waals surface area contributed by atoms with E-state index >= 15 is 0 Å². The second-order valence-electron chi connectivity index (χ2n) is 6.68. The summed E-state index contributed by atoms with van der Waals surface area (Å²) < 4.78 is 0. The van der Waals surface area contributed by atoms with E-state index in [1.54, 1.807) is 0 Å². The SMILES string of the molecule is CC(C)(C)N1C=CC(NC(=O)Cc2cccc(CC#N)c2)=CC1. The van der Waals surface area contributed by atoms with E-state index in [2.05, 4.69) is 37.1 Å². The maximum absolute atomic E-state index is 12.2. The Morgan fingerprint density at radius 2 is 2.09 bits per heavy atom. The molecule has 1 heterocycles. The lowest BCUT2D eigenvalue weighted by Crippen LogP contribution is -2.39. The molecule has 0 unspecified atom stereocenters. The van der Waals surface area contributed by atoms with E-state index in [1.807, 2.05) is 42.6 Å². The molecule has 0 atom stereocenters. The minimum atomic E-state index is -0.0424. The molecule has 0 spiro atoms. The number of hydrogen-bond donors (Lipinski definition) is 1. The quantitative estimate of drug-likeness (QED) is 0.930. The van der Waals surface area contributed by atoms with Crippen molar-refractivity contribution < 1.29 is 4.79 Å². The number of benzene rings is 1. The van der Waals surface area contributed by atoms with Crippen LogP contribution in [0.4, 0.5) is 0 Å². The first kappa shape index (κ1) is 16.8. The summed E-state index contributed by atoms with van der Waals surface area (Å²) in [7, 11) is 0. The highest BCUT2D eigenvalue weighted by Gasteiger charge is 2.19. The summed E-state index contributed by atoms with van der Waals surface area (Å²) in [5.74, 6) is -0.0424. The third-order valence-electron chi connectivity index (χ3n) is 3.73. The Hall–Kier alpha value is -2.54. The molecule has 23 heavy (non-hydrogen) atoms. The predicted molar refractivity (Wildman–Crippen MR) is 91.3 cm³/mol. The fourth-order valence-corrected chi connectivity index (χ4v) is 2.42. The van der Waals surface area contributed by atoms with Crippen molar-refractivity contribution in [3.8, 4) is 6.07 Å². The molecule has 4 nitrogen and oxygen atoms in total. The summed E-state index contributed by atoms with van der Waals surface area (Å²) in [5.41, 5.74) is 2.77. The molecular formula is C19H23N3O. The van der Waals surface area contributed by atoms with Gasteiger partial charge in [-0.3, -0.25) is 4.79 Å². The Labute approximate surface area is 138 Å². The zero-order valence-electron chi connectivity index (χ0n) is 14.0. The summed E-state index contributed by atoms with van der Waals surface area (Å²) in [6.07, 6.45) is 6.65. The van der Waals surface area contributed by atoms with E-state index < -0.39 is 0 Å². The average Bonchev–Trinajstić information content (AvgIpc) is 2.47. The number of hydrogen-bond acceptors (Lipinski definition) is 3. The Bertz CT molecular complexity index is 675. The van der Waals surface area contributed by atoms with Gasteiger partial charge in [0.2, 0.25) is 5.91 Å². The molecule has 1 aromatic carbocycles. The lowest BCUT2D eigenvalue weighted by molar-refractivity contribution is -0.119. The second-order valence-corrected chi connectivity index (χ2v) is 6.68. The van der Waals surface area contributed by atoms with E-state index in [4.69, 9.17) is 5.26 Å². The summed E-state index contributed by atoms with van der Waals surface area (Å²) >= 11 is 0. The van der Waals surface area contributed by atoms with Gasteiger partial charge in [0, 0.05) is 24.0 Å². The highest BCUT2D eigenvalue weighted by atomic mass is 16.1. The average molecular weight is 309 g/mol. The molecule has 1 aliphatic rings.